The third-order valence-electron chi connectivity index (χ3n) is 3.54. The van der Waals surface area contributed by atoms with E-state index in [0.717, 1.165) is 45.2 Å². The van der Waals surface area contributed by atoms with Gasteiger partial charge in [-0.3, -0.25) is 9.67 Å². The van der Waals surface area contributed by atoms with Crippen LogP contribution in [0.25, 0.3) is 0 Å². The van der Waals surface area contributed by atoms with E-state index in [1.165, 1.54) is 11.1 Å². The van der Waals surface area contributed by atoms with Crippen LogP contribution >= 0.6 is 24.0 Å². The van der Waals surface area contributed by atoms with Crippen LogP contribution in [0.2, 0.25) is 0 Å². The molecule has 0 atom stereocenters. The number of benzene rings is 1. The maximum Gasteiger partial charge on any atom is 0.191 e. The molecule has 7 heteroatoms. The Morgan fingerprint density at radius 2 is 2.08 bits per heavy atom. The van der Waals surface area contributed by atoms with Gasteiger partial charge in [0.05, 0.1) is 6.54 Å². The first-order valence-corrected chi connectivity index (χ1v) is 8.39. The van der Waals surface area contributed by atoms with Crippen molar-refractivity contribution in [3.05, 3.63) is 53.9 Å². The Morgan fingerprint density at radius 3 is 2.80 bits per heavy atom. The van der Waals surface area contributed by atoms with E-state index >= 15 is 0 Å². The maximum absolute atomic E-state index is 5.33. The van der Waals surface area contributed by atoms with Crippen molar-refractivity contribution >= 4 is 29.9 Å². The summed E-state index contributed by atoms with van der Waals surface area (Å²) in [4.78, 5) is 4.24. The molecule has 0 unspecified atom stereocenters. The first-order valence-electron chi connectivity index (χ1n) is 8.39. The molecule has 0 saturated heterocycles. The highest BCUT2D eigenvalue weighted by Crippen LogP contribution is 2.06. The molecule has 2 rings (SSSR count). The van der Waals surface area contributed by atoms with Gasteiger partial charge in [-0.15, -0.1) is 24.0 Å². The molecular formula is C18H28IN5O. The number of nitrogens with zero attached hydrogens (tertiary/aromatic N) is 3. The van der Waals surface area contributed by atoms with E-state index in [1.807, 2.05) is 23.9 Å². The molecule has 1 aromatic heterocycles. The lowest BCUT2D eigenvalue weighted by atomic mass is 10.1. The summed E-state index contributed by atoms with van der Waals surface area (Å²) < 4.78 is 7.25. The SMILES string of the molecule is CCOCCCNC(=NC)NCc1cccc(Cn2cccn2)c1.I. The standard InChI is InChI=1S/C18H27N5O.HI/c1-3-24-12-6-9-20-18(19-2)21-14-16-7-4-8-17(13-16)15-23-11-5-10-22-23;/h4-5,7-8,10-11,13H,3,6,9,12,14-15H2,1-2H3,(H2,19,20,21);1H. The molecule has 0 aliphatic carbocycles. The minimum absolute atomic E-state index is 0. The zero-order chi connectivity index (χ0) is 17.0. The Labute approximate surface area is 167 Å². The Balaban J connectivity index is 0.00000312. The summed E-state index contributed by atoms with van der Waals surface area (Å²) in [6, 6.07) is 10.4. The van der Waals surface area contributed by atoms with Crippen LogP contribution in [0.5, 0.6) is 0 Å². The summed E-state index contributed by atoms with van der Waals surface area (Å²) in [6.07, 6.45) is 4.74. The van der Waals surface area contributed by atoms with Gasteiger partial charge in [0.25, 0.3) is 0 Å². The molecule has 0 aliphatic heterocycles. The number of ether oxygens (including phenoxy) is 1. The molecule has 1 aromatic carbocycles. The summed E-state index contributed by atoms with van der Waals surface area (Å²) >= 11 is 0. The lowest BCUT2D eigenvalue weighted by Gasteiger charge is -2.12. The summed E-state index contributed by atoms with van der Waals surface area (Å²) in [6.45, 7) is 5.91. The fraction of sp³-hybridized carbons (Fsp3) is 0.444. The lowest BCUT2D eigenvalue weighted by molar-refractivity contribution is 0.145. The van der Waals surface area contributed by atoms with Crippen molar-refractivity contribution in [1.82, 2.24) is 20.4 Å². The van der Waals surface area contributed by atoms with Crippen LogP contribution in [0.1, 0.15) is 24.5 Å². The van der Waals surface area contributed by atoms with E-state index in [1.54, 1.807) is 13.2 Å². The van der Waals surface area contributed by atoms with Gasteiger partial charge in [0.1, 0.15) is 0 Å². The molecule has 1 heterocycles. The van der Waals surface area contributed by atoms with Gasteiger partial charge in [-0.1, -0.05) is 24.3 Å². The van der Waals surface area contributed by atoms with Crippen LogP contribution in [0.4, 0.5) is 0 Å². The zero-order valence-corrected chi connectivity index (χ0v) is 17.3. The molecule has 0 saturated carbocycles. The number of aliphatic imine (C=N–C) groups is 1. The third-order valence-corrected chi connectivity index (χ3v) is 3.54. The van der Waals surface area contributed by atoms with Crippen molar-refractivity contribution in [1.29, 1.82) is 0 Å². The van der Waals surface area contributed by atoms with Gasteiger partial charge in [-0.2, -0.15) is 5.10 Å². The Morgan fingerprint density at radius 1 is 1.24 bits per heavy atom. The maximum atomic E-state index is 5.33. The fourth-order valence-corrected chi connectivity index (χ4v) is 2.35. The Kier molecular flexibility index (Phi) is 10.9. The van der Waals surface area contributed by atoms with Crippen LogP contribution in [0.3, 0.4) is 0 Å². The summed E-state index contributed by atoms with van der Waals surface area (Å²) in [5.74, 6) is 0.809. The van der Waals surface area contributed by atoms with Crippen LogP contribution < -0.4 is 10.6 Å². The molecule has 0 amide bonds. The van der Waals surface area contributed by atoms with E-state index in [-0.39, 0.29) is 24.0 Å². The van der Waals surface area contributed by atoms with Crippen molar-refractivity contribution in [2.75, 3.05) is 26.8 Å². The normalized spacial score (nSPS) is 11.0. The molecule has 0 radical (unpaired) electrons. The molecule has 138 valence electrons. The lowest BCUT2D eigenvalue weighted by Crippen LogP contribution is -2.37. The predicted octanol–water partition coefficient (Wildman–Crippen LogP) is 2.64. The molecule has 0 bridgehead atoms. The third kappa shape index (κ3) is 8.35. The number of halogens is 1. The van der Waals surface area contributed by atoms with E-state index < -0.39 is 0 Å². The molecule has 25 heavy (non-hydrogen) atoms. The van der Waals surface area contributed by atoms with Gasteiger partial charge in [0.2, 0.25) is 0 Å². The fourth-order valence-electron chi connectivity index (χ4n) is 2.35. The van der Waals surface area contributed by atoms with Gasteiger partial charge in [-0.05, 0) is 30.5 Å². The number of guanidine groups is 1. The highest BCUT2D eigenvalue weighted by molar-refractivity contribution is 14.0. The quantitative estimate of drug-likeness (QED) is 0.263. The molecule has 6 nitrogen and oxygen atoms in total. The van der Waals surface area contributed by atoms with Gasteiger partial charge in [0.15, 0.2) is 5.96 Å². The zero-order valence-electron chi connectivity index (χ0n) is 14.9. The van der Waals surface area contributed by atoms with E-state index in [4.69, 9.17) is 4.74 Å². The van der Waals surface area contributed by atoms with Gasteiger partial charge in [-0.25, -0.2) is 0 Å². The van der Waals surface area contributed by atoms with E-state index in [9.17, 15) is 0 Å². The van der Waals surface area contributed by atoms with Crippen LogP contribution in [0, 0.1) is 0 Å². The van der Waals surface area contributed by atoms with Crippen molar-refractivity contribution < 1.29 is 4.74 Å². The van der Waals surface area contributed by atoms with E-state index in [0.29, 0.717) is 0 Å². The summed E-state index contributed by atoms with van der Waals surface area (Å²) in [5, 5.41) is 10.9. The minimum atomic E-state index is 0. The molecule has 0 fully saturated rings. The molecule has 2 N–H and O–H groups in total. The second-order valence-corrected chi connectivity index (χ2v) is 5.43. The second-order valence-electron chi connectivity index (χ2n) is 5.43. The van der Waals surface area contributed by atoms with Gasteiger partial charge < -0.3 is 15.4 Å². The smallest absolute Gasteiger partial charge is 0.191 e. The molecule has 0 aliphatic rings. The average molecular weight is 457 g/mol. The van der Waals surface area contributed by atoms with Gasteiger partial charge in [0, 0.05) is 45.7 Å². The minimum Gasteiger partial charge on any atom is -0.382 e. The number of nitrogens with one attached hydrogen (secondary N) is 2. The van der Waals surface area contributed by atoms with Crippen LogP contribution in [-0.2, 0) is 17.8 Å². The predicted molar refractivity (Wildman–Crippen MR) is 112 cm³/mol. The number of hydrogen-bond acceptors (Lipinski definition) is 3. The molecule has 0 spiro atoms. The second kappa shape index (κ2) is 12.7. The Bertz CT molecular complexity index is 616. The highest BCUT2D eigenvalue weighted by Gasteiger charge is 2.00. The summed E-state index contributed by atoms with van der Waals surface area (Å²) in [7, 11) is 1.78. The largest absolute Gasteiger partial charge is 0.382 e. The first kappa shape index (κ1) is 21.4. The van der Waals surface area contributed by atoms with Crippen molar-refractivity contribution in [2.24, 2.45) is 4.99 Å². The van der Waals surface area contributed by atoms with Crippen LogP contribution in [0.15, 0.2) is 47.7 Å². The molecular weight excluding hydrogens is 429 g/mol. The van der Waals surface area contributed by atoms with E-state index in [2.05, 4.69) is 45.0 Å². The topological polar surface area (TPSA) is 63.5 Å². The van der Waals surface area contributed by atoms with Crippen LogP contribution in [-0.4, -0.2) is 42.5 Å². The Hall–Kier alpha value is -1.61. The number of aromatic nitrogens is 2. The van der Waals surface area contributed by atoms with Gasteiger partial charge >= 0.3 is 0 Å². The monoisotopic (exact) mass is 457 g/mol. The summed E-state index contributed by atoms with van der Waals surface area (Å²) in [5.41, 5.74) is 2.45. The average Bonchev–Trinajstić information content (AvgIpc) is 3.11. The number of rotatable bonds is 9. The first-order chi connectivity index (χ1) is 11.8. The highest BCUT2D eigenvalue weighted by atomic mass is 127. The van der Waals surface area contributed by atoms with Crippen molar-refractivity contribution in [2.45, 2.75) is 26.4 Å². The van der Waals surface area contributed by atoms with Crippen molar-refractivity contribution in [3.8, 4) is 0 Å². The van der Waals surface area contributed by atoms with Crippen molar-refractivity contribution in [3.63, 3.8) is 0 Å². The number of hydrogen-bond donors (Lipinski definition) is 2. The molecule has 2 aromatic rings.